The van der Waals surface area contributed by atoms with Crippen LogP contribution in [0.5, 0.6) is 0 Å². The summed E-state index contributed by atoms with van der Waals surface area (Å²) in [5.41, 5.74) is 2.68. The van der Waals surface area contributed by atoms with E-state index in [1.165, 1.54) is 11.1 Å². The Morgan fingerprint density at radius 2 is 1.92 bits per heavy atom. The van der Waals surface area contributed by atoms with Crippen LogP contribution in [0.1, 0.15) is 30.9 Å². The van der Waals surface area contributed by atoms with Crippen molar-refractivity contribution in [2.45, 2.75) is 26.7 Å². The van der Waals surface area contributed by atoms with Crippen LogP contribution in [-0.2, 0) is 17.3 Å². The van der Waals surface area contributed by atoms with Crippen LogP contribution < -0.4 is 12.4 Å². The molecule has 0 saturated carbocycles. The number of rotatable bonds is 1. The molecule has 0 heterocycles. The van der Waals surface area contributed by atoms with E-state index in [2.05, 4.69) is 42.6 Å². The molecule has 0 amide bonds. The Balaban J connectivity index is 0. The topological polar surface area (TPSA) is 0 Å². The SMILES string of the molecule is Cc1ccc[c-]c1C(C)C.[Cl-].[Cl][Ru+2]. The van der Waals surface area contributed by atoms with Crippen molar-refractivity contribution in [1.82, 2.24) is 0 Å². The standard InChI is InChI=1S/C10H13.2ClH.Ru/c1-8(2)10-7-5-4-6-9(10)3;;;/h4-6,8H,1-3H3;2*1H;/q-1;;;+3/p-2. The quantitative estimate of drug-likeness (QED) is 0.527. The molecule has 1 rings (SSSR count). The van der Waals surface area contributed by atoms with Crippen molar-refractivity contribution < 1.29 is 29.7 Å². The van der Waals surface area contributed by atoms with Gasteiger partial charge in [-0.25, -0.2) is 0 Å². The number of aryl methyl sites for hydroxylation is 1. The second-order valence-electron chi connectivity index (χ2n) is 2.92. The Morgan fingerprint density at radius 3 is 2.23 bits per heavy atom. The van der Waals surface area contributed by atoms with Gasteiger partial charge in [-0.1, -0.05) is 20.8 Å². The predicted octanol–water partition coefficient (Wildman–Crippen LogP) is 0.610. The third-order valence-electron chi connectivity index (χ3n) is 1.68. The zero-order chi connectivity index (χ0) is 9.56. The number of benzene rings is 1. The Kier molecular flexibility index (Phi) is 11.0. The summed E-state index contributed by atoms with van der Waals surface area (Å²) >= 11 is 1.82. The van der Waals surface area contributed by atoms with Crippen molar-refractivity contribution in [2.75, 3.05) is 0 Å². The molecule has 0 N–H and O–H groups in total. The van der Waals surface area contributed by atoms with Gasteiger partial charge in [-0.2, -0.15) is 35.4 Å². The molecule has 0 spiro atoms. The van der Waals surface area contributed by atoms with Crippen LogP contribution in [-0.4, -0.2) is 0 Å². The van der Waals surface area contributed by atoms with Crippen molar-refractivity contribution in [3.05, 3.63) is 35.4 Å². The van der Waals surface area contributed by atoms with E-state index >= 15 is 0 Å². The van der Waals surface area contributed by atoms with Gasteiger partial charge in [0.05, 0.1) is 0 Å². The molecule has 13 heavy (non-hydrogen) atoms. The molecule has 0 aromatic heterocycles. The molecule has 1 aromatic carbocycles. The first-order valence-corrected chi connectivity index (χ1v) is 6.06. The van der Waals surface area contributed by atoms with Crippen LogP contribution in [0.4, 0.5) is 0 Å². The summed E-state index contributed by atoms with van der Waals surface area (Å²) < 4.78 is 0. The van der Waals surface area contributed by atoms with Gasteiger partial charge in [0.1, 0.15) is 0 Å². The van der Waals surface area contributed by atoms with E-state index in [9.17, 15) is 0 Å². The fourth-order valence-corrected chi connectivity index (χ4v) is 1.16. The van der Waals surface area contributed by atoms with Gasteiger partial charge in [0.25, 0.3) is 0 Å². The van der Waals surface area contributed by atoms with E-state index in [-0.39, 0.29) is 12.4 Å². The molecule has 0 unspecified atom stereocenters. The van der Waals surface area contributed by atoms with Crippen molar-refractivity contribution in [2.24, 2.45) is 0 Å². The zero-order valence-corrected chi connectivity index (χ0v) is 11.2. The van der Waals surface area contributed by atoms with E-state index in [0.29, 0.717) is 5.92 Å². The normalized spacial score (nSPS) is 8.38. The summed E-state index contributed by atoms with van der Waals surface area (Å²) in [5.74, 6) is 0.598. The number of halogens is 2. The van der Waals surface area contributed by atoms with Crippen LogP contribution >= 0.6 is 9.69 Å². The molecule has 0 fully saturated rings. The van der Waals surface area contributed by atoms with Gasteiger partial charge in [-0.3, -0.25) is 0 Å². The molecule has 0 atom stereocenters. The second kappa shape index (κ2) is 9.00. The molecule has 0 nitrogen and oxygen atoms in total. The van der Waals surface area contributed by atoms with Crippen molar-refractivity contribution >= 4 is 9.69 Å². The molecule has 0 aliphatic carbocycles. The average Bonchev–Trinajstić information content (AvgIpc) is 2.08. The molecule has 0 saturated heterocycles. The van der Waals surface area contributed by atoms with Gasteiger partial charge in [0, 0.05) is 0 Å². The van der Waals surface area contributed by atoms with Gasteiger partial charge in [0.15, 0.2) is 0 Å². The minimum absolute atomic E-state index is 0. The first-order chi connectivity index (χ1) is 5.72. The fourth-order valence-electron chi connectivity index (χ4n) is 1.16. The van der Waals surface area contributed by atoms with Gasteiger partial charge < -0.3 is 12.4 Å². The molecule has 0 radical (unpaired) electrons. The van der Waals surface area contributed by atoms with Crippen molar-refractivity contribution in [1.29, 1.82) is 0 Å². The summed E-state index contributed by atoms with van der Waals surface area (Å²) in [5, 5.41) is 0. The van der Waals surface area contributed by atoms with Gasteiger partial charge in [0.2, 0.25) is 0 Å². The average molecular weight is 305 g/mol. The second-order valence-corrected chi connectivity index (χ2v) is 2.92. The van der Waals surface area contributed by atoms with Crippen LogP contribution in [0.3, 0.4) is 0 Å². The van der Waals surface area contributed by atoms with Gasteiger partial charge >= 0.3 is 27.0 Å². The summed E-state index contributed by atoms with van der Waals surface area (Å²) in [4.78, 5) is 0. The third kappa shape index (κ3) is 5.67. The fraction of sp³-hybridized carbons (Fsp3) is 0.400. The molecular formula is C10H13Cl2Ru. The van der Waals surface area contributed by atoms with E-state index in [1.807, 2.05) is 29.4 Å². The minimum atomic E-state index is 0. The van der Waals surface area contributed by atoms with E-state index in [0.717, 1.165) is 0 Å². The zero-order valence-electron chi connectivity index (χ0n) is 7.92. The summed E-state index contributed by atoms with van der Waals surface area (Å²) in [6.45, 7) is 6.52. The third-order valence-corrected chi connectivity index (χ3v) is 1.68. The molecule has 0 aliphatic rings. The van der Waals surface area contributed by atoms with Crippen LogP contribution in [0.25, 0.3) is 0 Å². The first kappa shape index (κ1) is 15.9. The molecule has 0 aliphatic heterocycles. The van der Waals surface area contributed by atoms with Crippen LogP contribution in [0.15, 0.2) is 18.2 Å². The molecule has 75 valence electrons. The summed E-state index contributed by atoms with van der Waals surface area (Å²) in [6, 6.07) is 9.37. The maximum absolute atomic E-state index is 4.57. The predicted molar refractivity (Wildman–Crippen MR) is 50.0 cm³/mol. The summed E-state index contributed by atoms with van der Waals surface area (Å²) in [6.07, 6.45) is 0. The maximum atomic E-state index is 4.57. The Hall–Kier alpha value is 0.423. The Labute approximate surface area is 101 Å². The van der Waals surface area contributed by atoms with Gasteiger partial charge in [-0.15, -0.1) is 0 Å². The monoisotopic (exact) mass is 305 g/mol. The molecular weight excluding hydrogens is 292 g/mol. The Bertz CT molecular complexity index is 224. The van der Waals surface area contributed by atoms with E-state index < -0.39 is 0 Å². The molecule has 1 aromatic rings. The Morgan fingerprint density at radius 1 is 1.38 bits per heavy atom. The van der Waals surface area contributed by atoms with Crippen LogP contribution in [0.2, 0.25) is 0 Å². The van der Waals surface area contributed by atoms with E-state index in [4.69, 9.17) is 0 Å². The molecule has 3 heteroatoms. The van der Waals surface area contributed by atoms with E-state index in [1.54, 1.807) is 0 Å². The first-order valence-electron chi connectivity index (χ1n) is 3.82. The van der Waals surface area contributed by atoms with Crippen LogP contribution in [0, 0.1) is 13.0 Å². The number of hydrogen-bond donors (Lipinski definition) is 0. The van der Waals surface area contributed by atoms with Crippen molar-refractivity contribution in [3.8, 4) is 0 Å². The molecule has 0 bridgehead atoms. The van der Waals surface area contributed by atoms with Gasteiger partial charge in [-0.05, 0) is 5.92 Å². The summed E-state index contributed by atoms with van der Waals surface area (Å²) in [7, 11) is 4.57. The number of hydrogen-bond acceptors (Lipinski definition) is 0. The van der Waals surface area contributed by atoms with Crippen molar-refractivity contribution in [3.63, 3.8) is 0 Å².